The Morgan fingerprint density at radius 1 is 1.40 bits per heavy atom. The maximum atomic E-state index is 11.7. The molecule has 2 amide bonds. The summed E-state index contributed by atoms with van der Waals surface area (Å²) in [5.74, 6) is -0.903. The molecular formula is C14H20N2O4. The topological polar surface area (TPSA) is 87.7 Å². The summed E-state index contributed by atoms with van der Waals surface area (Å²) in [5, 5.41) is 14.2. The van der Waals surface area contributed by atoms with Crippen molar-refractivity contribution in [1.29, 1.82) is 0 Å². The maximum Gasteiger partial charge on any atom is 0.319 e. The van der Waals surface area contributed by atoms with Gasteiger partial charge in [0.1, 0.15) is 0 Å². The van der Waals surface area contributed by atoms with E-state index in [0.717, 1.165) is 6.42 Å². The number of carboxylic acid groups (broad SMARTS) is 1. The first-order valence-electron chi connectivity index (χ1n) is 6.38. The number of anilines is 1. The number of rotatable bonds is 7. The summed E-state index contributed by atoms with van der Waals surface area (Å²) in [5.41, 5.74) is 1.21. The predicted octanol–water partition coefficient (Wildman–Crippen LogP) is 1.86. The minimum absolute atomic E-state index is 0.00264. The minimum Gasteiger partial charge on any atom is -0.481 e. The molecule has 20 heavy (non-hydrogen) atoms. The van der Waals surface area contributed by atoms with Crippen LogP contribution in [0, 0.1) is 0 Å². The van der Waals surface area contributed by atoms with Gasteiger partial charge in [-0.3, -0.25) is 4.79 Å². The summed E-state index contributed by atoms with van der Waals surface area (Å²) in [4.78, 5) is 22.4. The van der Waals surface area contributed by atoms with Gasteiger partial charge in [-0.2, -0.15) is 0 Å². The minimum atomic E-state index is -0.903. The average molecular weight is 280 g/mol. The molecule has 0 aliphatic carbocycles. The summed E-state index contributed by atoms with van der Waals surface area (Å²) in [6, 6.07) is 6.46. The van der Waals surface area contributed by atoms with Crippen LogP contribution in [-0.2, 0) is 16.0 Å². The third-order valence-electron chi connectivity index (χ3n) is 2.67. The number of ether oxygens (including phenoxy) is 1. The fourth-order valence-electron chi connectivity index (χ4n) is 1.69. The van der Waals surface area contributed by atoms with E-state index in [-0.39, 0.29) is 18.5 Å². The van der Waals surface area contributed by atoms with E-state index in [1.165, 1.54) is 0 Å². The van der Waals surface area contributed by atoms with Crippen molar-refractivity contribution in [3.63, 3.8) is 0 Å². The Labute approximate surface area is 118 Å². The molecule has 110 valence electrons. The highest BCUT2D eigenvalue weighted by Crippen LogP contribution is 2.11. The van der Waals surface area contributed by atoms with Gasteiger partial charge in [0.25, 0.3) is 0 Å². The predicted molar refractivity (Wildman–Crippen MR) is 75.9 cm³/mol. The first-order chi connectivity index (χ1) is 9.51. The van der Waals surface area contributed by atoms with Gasteiger partial charge in [-0.1, -0.05) is 12.1 Å². The van der Waals surface area contributed by atoms with Crippen molar-refractivity contribution in [2.24, 2.45) is 0 Å². The second-order valence-electron chi connectivity index (χ2n) is 4.55. The number of urea groups is 1. The molecule has 0 saturated carbocycles. The Morgan fingerprint density at radius 3 is 2.80 bits per heavy atom. The highest BCUT2D eigenvalue weighted by Gasteiger charge is 2.08. The Bertz CT molecular complexity index is 462. The van der Waals surface area contributed by atoms with Gasteiger partial charge in [0.2, 0.25) is 0 Å². The lowest BCUT2D eigenvalue weighted by molar-refractivity contribution is -0.136. The zero-order chi connectivity index (χ0) is 15.0. The zero-order valence-electron chi connectivity index (χ0n) is 11.7. The molecular weight excluding hydrogens is 260 g/mol. The summed E-state index contributed by atoms with van der Waals surface area (Å²) >= 11 is 0. The molecule has 0 spiro atoms. The van der Waals surface area contributed by atoms with Gasteiger partial charge < -0.3 is 20.5 Å². The Hall–Kier alpha value is -2.08. The first kappa shape index (κ1) is 16.0. The number of carbonyl (C=O) groups is 2. The van der Waals surface area contributed by atoms with E-state index in [1.54, 1.807) is 31.4 Å². The number of carbonyl (C=O) groups excluding carboxylic acids is 1. The Morgan fingerprint density at radius 2 is 2.15 bits per heavy atom. The van der Waals surface area contributed by atoms with Gasteiger partial charge in [0.05, 0.1) is 6.42 Å². The van der Waals surface area contributed by atoms with E-state index >= 15 is 0 Å². The van der Waals surface area contributed by atoms with E-state index in [2.05, 4.69) is 10.6 Å². The van der Waals surface area contributed by atoms with Crippen LogP contribution in [0.1, 0.15) is 18.9 Å². The van der Waals surface area contributed by atoms with E-state index in [0.29, 0.717) is 17.9 Å². The van der Waals surface area contributed by atoms with Crippen LogP contribution in [0.3, 0.4) is 0 Å². The van der Waals surface area contributed by atoms with Crippen LogP contribution in [0.25, 0.3) is 0 Å². The van der Waals surface area contributed by atoms with Gasteiger partial charge in [-0.15, -0.1) is 0 Å². The van der Waals surface area contributed by atoms with Crippen LogP contribution in [0.4, 0.5) is 10.5 Å². The van der Waals surface area contributed by atoms with E-state index in [4.69, 9.17) is 9.84 Å². The highest BCUT2D eigenvalue weighted by molar-refractivity contribution is 5.89. The molecule has 0 heterocycles. The van der Waals surface area contributed by atoms with Gasteiger partial charge in [0.15, 0.2) is 0 Å². The van der Waals surface area contributed by atoms with Gasteiger partial charge >= 0.3 is 12.0 Å². The van der Waals surface area contributed by atoms with Crippen LogP contribution >= 0.6 is 0 Å². The van der Waals surface area contributed by atoms with Crippen LogP contribution in [-0.4, -0.2) is 36.9 Å². The van der Waals surface area contributed by atoms with Crippen molar-refractivity contribution >= 4 is 17.7 Å². The number of aliphatic carboxylic acids is 1. The van der Waals surface area contributed by atoms with Gasteiger partial charge in [0, 0.05) is 25.4 Å². The highest BCUT2D eigenvalue weighted by atomic mass is 16.5. The number of hydrogen-bond acceptors (Lipinski definition) is 3. The number of nitrogens with one attached hydrogen (secondary N) is 2. The second-order valence-corrected chi connectivity index (χ2v) is 4.55. The van der Waals surface area contributed by atoms with Crippen molar-refractivity contribution in [3.05, 3.63) is 29.8 Å². The second kappa shape index (κ2) is 8.16. The quantitative estimate of drug-likeness (QED) is 0.711. The number of benzene rings is 1. The molecule has 0 aliphatic rings. The summed E-state index contributed by atoms with van der Waals surface area (Å²) < 4.78 is 4.94. The molecule has 1 unspecified atom stereocenters. The molecule has 6 nitrogen and oxygen atoms in total. The van der Waals surface area contributed by atoms with Crippen LogP contribution in [0.2, 0.25) is 0 Å². The van der Waals surface area contributed by atoms with Crippen LogP contribution < -0.4 is 10.6 Å². The van der Waals surface area contributed by atoms with Gasteiger partial charge in [-0.25, -0.2) is 4.79 Å². The lowest BCUT2D eigenvalue weighted by Crippen LogP contribution is -2.36. The molecule has 3 N–H and O–H groups in total. The lowest BCUT2D eigenvalue weighted by atomic mass is 10.1. The van der Waals surface area contributed by atoms with Gasteiger partial charge in [-0.05, 0) is 31.0 Å². The third-order valence-corrected chi connectivity index (χ3v) is 2.67. The number of carboxylic acids is 1. The van der Waals surface area contributed by atoms with E-state index < -0.39 is 5.97 Å². The van der Waals surface area contributed by atoms with Crippen molar-refractivity contribution in [1.82, 2.24) is 5.32 Å². The molecule has 0 saturated heterocycles. The molecule has 0 aromatic heterocycles. The monoisotopic (exact) mass is 280 g/mol. The fourth-order valence-corrected chi connectivity index (χ4v) is 1.69. The summed E-state index contributed by atoms with van der Waals surface area (Å²) in [6.07, 6.45) is 0.657. The molecule has 1 atom stereocenters. The molecule has 0 fully saturated rings. The maximum absolute atomic E-state index is 11.7. The van der Waals surface area contributed by atoms with Crippen LogP contribution in [0.15, 0.2) is 24.3 Å². The lowest BCUT2D eigenvalue weighted by Gasteiger charge is -2.14. The smallest absolute Gasteiger partial charge is 0.319 e. The van der Waals surface area contributed by atoms with E-state index in [1.807, 2.05) is 6.92 Å². The number of methoxy groups -OCH3 is 1. The third kappa shape index (κ3) is 6.19. The molecule has 6 heteroatoms. The standard InChI is InChI=1S/C14H20N2O4/c1-10(6-7-20-2)15-14(19)16-12-5-3-4-11(8-12)9-13(17)18/h3-5,8,10H,6-7,9H2,1-2H3,(H,17,18)(H2,15,16,19). The molecule has 1 rings (SSSR count). The largest absolute Gasteiger partial charge is 0.481 e. The van der Waals surface area contributed by atoms with Crippen molar-refractivity contribution in [2.45, 2.75) is 25.8 Å². The Kier molecular flexibility index (Phi) is 6.52. The Balaban J connectivity index is 2.51. The molecule has 0 bridgehead atoms. The van der Waals surface area contributed by atoms with Crippen molar-refractivity contribution < 1.29 is 19.4 Å². The molecule has 0 radical (unpaired) electrons. The average Bonchev–Trinajstić information content (AvgIpc) is 2.35. The summed E-state index contributed by atoms with van der Waals surface area (Å²) in [6.45, 7) is 2.47. The summed E-state index contributed by atoms with van der Waals surface area (Å²) in [7, 11) is 1.61. The SMILES string of the molecule is COCCC(C)NC(=O)Nc1cccc(CC(=O)O)c1. The number of amides is 2. The number of hydrogen-bond donors (Lipinski definition) is 3. The van der Waals surface area contributed by atoms with Crippen molar-refractivity contribution in [3.8, 4) is 0 Å². The normalized spacial score (nSPS) is 11.7. The van der Waals surface area contributed by atoms with Crippen LogP contribution in [0.5, 0.6) is 0 Å². The molecule has 1 aromatic rings. The zero-order valence-corrected chi connectivity index (χ0v) is 11.7. The molecule has 1 aromatic carbocycles. The first-order valence-corrected chi connectivity index (χ1v) is 6.38. The van der Waals surface area contributed by atoms with Crippen molar-refractivity contribution in [2.75, 3.05) is 19.0 Å². The van der Waals surface area contributed by atoms with E-state index in [9.17, 15) is 9.59 Å². The fraction of sp³-hybridized carbons (Fsp3) is 0.429. The molecule has 0 aliphatic heterocycles.